The Kier molecular flexibility index (Phi) is 3.74. The fourth-order valence-electron chi connectivity index (χ4n) is 2.69. The van der Waals surface area contributed by atoms with Crippen molar-refractivity contribution in [3.05, 3.63) is 59.6 Å². The topological polar surface area (TPSA) is 75.4 Å². The summed E-state index contributed by atoms with van der Waals surface area (Å²) in [6, 6.07) is 15.4. The summed E-state index contributed by atoms with van der Waals surface area (Å²) in [5.74, 6) is -0.166. The second-order valence-electron chi connectivity index (χ2n) is 5.48. The third-order valence-electron chi connectivity index (χ3n) is 3.94. The van der Waals surface area contributed by atoms with Gasteiger partial charge >= 0.3 is 5.97 Å². The quantitative estimate of drug-likeness (QED) is 0.544. The van der Waals surface area contributed by atoms with E-state index >= 15 is 0 Å². The Balaban J connectivity index is 1.69. The first kappa shape index (κ1) is 15.4. The predicted octanol–water partition coefficient (Wildman–Crippen LogP) is 4.96. The van der Waals surface area contributed by atoms with Gasteiger partial charge in [-0.25, -0.2) is 4.79 Å². The number of carboxylic acids is 1. The van der Waals surface area contributed by atoms with E-state index in [1.54, 1.807) is 13.2 Å². The van der Waals surface area contributed by atoms with E-state index in [-0.39, 0.29) is 0 Å². The van der Waals surface area contributed by atoms with E-state index in [2.05, 4.69) is 10.3 Å². The summed E-state index contributed by atoms with van der Waals surface area (Å²) in [4.78, 5) is 16.8. The van der Waals surface area contributed by atoms with Gasteiger partial charge in [-0.2, -0.15) is 0 Å². The molecule has 25 heavy (non-hydrogen) atoms. The molecule has 0 unspecified atom stereocenters. The molecule has 4 aromatic rings. The number of carbonyl (C=O) groups is 1. The van der Waals surface area contributed by atoms with Crippen molar-refractivity contribution in [3.63, 3.8) is 0 Å². The monoisotopic (exact) mass is 350 g/mol. The van der Waals surface area contributed by atoms with E-state index < -0.39 is 5.97 Å². The second-order valence-corrected chi connectivity index (χ2v) is 6.54. The number of nitrogens with zero attached hydrogens (tertiary/aromatic N) is 1. The van der Waals surface area contributed by atoms with Gasteiger partial charge < -0.3 is 14.8 Å². The maximum atomic E-state index is 11.3. The number of anilines is 1. The van der Waals surface area contributed by atoms with Gasteiger partial charge in [-0.3, -0.25) is 4.98 Å². The number of furan rings is 1. The van der Waals surface area contributed by atoms with Crippen LogP contribution in [0.2, 0.25) is 0 Å². The molecule has 1 aromatic carbocycles. The Labute approximate surface area is 147 Å². The molecule has 3 aromatic heterocycles. The van der Waals surface area contributed by atoms with Crippen LogP contribution in [0.5, 0.6) is 0 Å². The molecule has 0 fully saturated rings. The first-order valence-electron chi connectivity index (χ1n) is 7.66. The molecule has 0 spiro atoms. The molecule has 0 aliphatic heterocycles. The number of benzene rings is 1. The average Bonchev–Trinajstić information content (AvgIpc) is 3.26. The number of pyridine rings is 1. The maximum Gasteiger partial charge on any atom is 0.348 e. The largest absolute Gasteiger partial charge is 0.477 e. The van der Waals surface area contributed by atoms with Gasteiger partial charge in [-0.05, 0) is 23.8 Å². The van der Waals surface area contributed by atoms with Crippen LogP contribution in [0.3, 0.4) is 0 Å². The van der Waals surface area contributed by atoms with Crippen molar-refractivity contribution in [3.8, 4) is 21.8 Å². The minimum Gasteiger partial charge on any atom is -0.477 e. The smallest absolute Gasteiger partial charge is 0.348 e. The molecule has 4 rings (SSSR count). The van der Waals surface area contributed by atoms with Crippen LogP contribution in [0.4, 0.5) is 5.69 Å². The van der Waals surface area contributed by atoms with Crippen LogP contribution >= 0.6 is 11.3 Å². The van der Waals surface area contributed by atoms with Crippen LogP contribution < -0.4 is 5.32 Å². The Morgan fingerprint density at radius 1 is 1.16 bits per heavy atom. The third kappa shape index (κ3) is 2.77. The summed E-state index contributed by atoms with van der Waals surface area (Å²) in [7, 11) is 1.72. The molecule has 0 bridgehead atoms. The number of fused-ring (bicyclic) bond motifs is 1. The summed E-state index contributed by atoms with van der Waals surface area (Å²) in [5.41, 5.74) is 4.12. The second kappa shape index (κ2) is 6.07. The molecule has 0 amide bonds. The lowest BCUT2D eigenvalue weighted by Crippen LogP contribution is -1.97. The van der Waals surface area contributed by atoms with Crippen LogP contribution in [-0.2, 0) is 0 Å². The Hall–Kier alpha value is -3.12. The van der Waals surface area contributed by atoms with Crippen LogP contribution in [0, 0.1) is 0 Å². The summed E-state index contributed by atoms with van der Waals surface area (Å²) >= 11 is 1.26. The van der Waals surface area contributed by atoms with Gasteiger partial charge in [0.1, 0.15) is 16.2 Å². The number of thiophene rings is 1. The van der Waals surface area contributed by atoms with Gasteiger partial charge in [0, 0.05) is 29.8 Å². The van der Waals surface area contributed by atoms with Crippen LogP contribution in [-0.4, -0.2) is 23.1 Å². The summed E-state index contributed by atoms with van der Waals surface area (Å²) in [6.45, 7) is 0. The molecular weight excluding hydrogens is 336 g/mol. The van der Waals surface area contributed by atoms with Crippen molar-refractivity contribution in [1.29, 1.82) is 0 Å². The highest BCUT2D eigenvalue weighted by Crippen LogP contribution is 2.36. The maximum absolute atomic E-state index is 11.3. The zero-order valence-electron chi connectivity index (χ0n) is 13.3. The fraction of sp³-hybridized carbons (Fsp3) is 0.0526. The zero-order valence-corrected chi connectivity index (χ0v) is 14.1. The highest BCUT2D eigenvalue weighted by molar-refractivity contribution is 7.18. The molecular formula is C19H14N2O3S. The van der Waals surface area contributed by atoms with Crippen LogP contribution in [0.25, 0.3) is 32.9 Å². The predicted molar refractivity (Wildman–Crippen MR) is 99.3 cm³/mol. The fourth-order valence-corrected chi connectivity index (χ4v) is 3.70. The molecule has 5 nitrogen and oxygen atoms in total. The van der Waals surface area contributed by atoms with E-state index in [4.69, 9.17) is 4.42 Å². The lowest BCUT2D eigenvalue weighted by Gasteiger charge is -2.00. The van der Waals surface area contributed by atoms with Crippen molar-refractivity contribution >= 4 is 34.1 Å². The van der Waals surface area contributed by atoms with E-state index in [0.717, 1.165) is 32.9 Å². The van der Waals surface area contributed by atoms with Gasteiger partial charge in [-0.15, -0.1) is 11.3 Å². The standard InChI is InChI=1S/C19H14N2O3S/c1-20-14-10-17(25-18(14)19(22)23)12-6-4-11(5-7-12)16-9-13-15(24-16)3-2-8-21-13/h2-10,20H,1H3,(H,22,23). The molecule has 6 heteroatoms. The van der Waals surface area contributed by atoms with E-state index in [9.17, 15) is 9.90 Å². The van der Waals surface area contributed by atoms with Crippen molar-refractivity contribution < 1.29 is 14.3 Å². The number of hydrogen-bond donors (Lipinski definition) is 2. The minimum atomic E-state index is -0.924. The number of aromatic carboxylic acids is 1. The zero-order chi connectivity index (χ0) is 17.4. The Morgan fingerprint density at radius 3 is 2.56 bits per heavy atom. The highest BCUT2D eigenvalue weighted by atomic mass is 32.1. The Morgan fingerprint density at radius 2 is 1.92 bits per heavy atom. The van der Waals surface area contributed by atoms with Gasteiger partial charge in [0.15, 0.2) is 5.58 Å². The molecule has 0 saturated heterocycles. The van der Waals surface area contributed by atoms with Gasteiger partial charge in [0.2, 0.25) is 0 Å². The van der Waals surface area contributed by atoms with Crippen LogP contribution in [0.1, 0.15) is 9.67 Å². The van der Waals surface area contributed by atoms with E-state index in [1.807, 2.05) is 48.5 Å². The number of hydrogen-bond acceptors (Lipinski definition) is 5. The van der Waals surface area contributed by atoms with Crippen molar-refractivity contribution in [1.82, 2.24) is 4.98 Å². The van der Waals surface area contributed by atoms with Crippen molar-refractivity contribution in [2.75, 3.05) is 12.4 Å². The molecule has 3 heterocycles. The minimum absolute atomic E-state index is 0.310. The molecule has 124 valence electrons. The number of rotatable bonds is 4. The lowest BCUT2D eigenvalue weighted by molar-refractivity contribution is 0.0703. The summed E-state index contributed by atoms with van der Waals surface area (Å²) < 4.78 is 5.82. The normalized spacial score (nSPS) is 10.9. The summed E-state index contributed by atoms with van der Waals surface area (Å²) in [6.07, 6.45) is 1.74. The Bertz CT molecular complexity index is 1030. The first-order chi connectivity index (χ1) is 12.2. The highest BCUT2D eigenvalue weighted by Gasteiger charge is 2.15. The van der Waals surface area contributed by atoms with Crippen LogP contribution in [0.15, 0.2) is 59.1 Å². The van der Waals surface area contributed by atoms with Gasteiger partial charge in [0.25, 0.3) is 0 Å². The molecule has 0 aliphatic rings. The molecule has 0 aliphatic carbocycles. The average molecular weight is 350 g/mol. The lowest BCUT2D eigenvalue weighted by atomic mass is 10.1. The van der Waals surface area contributed by atoms with E-state index in [0.29, 0.717) is 10.6 Å². The molecule has 0 atom stereocenters. The SMILES string of the molecule is CNc1cc(-c2ccc(-c3cc4ncccc4o3)cc2)sc1C(=O)O. The number of nitrogens with one attached hydrogen (secondary N) is 1. The summed E-state index contributed by atoms with van der Waals surface area (Å²) in [5, 5.41) is 12.2. The molecule has 0 saturated carbocycles. The van der Waals surface area contributed by atoms with Gasteiger partial charge in [0.05, 0.1) is 5.69 Å². The van der Waals surface area contributed by atoms with Gasteiger partial charge in [-0.1, -0.05) is 24.3 Å². The van der Waals surface area contributed by atoms with Crippen molar-refractivity contribution in [2.24, 2.45) is 0 Å². The number of aromatic nitrogens is 1. The van der Waals surface area contributed by atoms with Crippen molar-refractivity contribution in [2.45, 2.75) is 0 Å². The molecule has 2 N–H and O–H groups in total. The molecule has 0 radical (unpaired) electrons. The number of carboxylic acid groups (broad SMARTS) is 1. The third-order valence-corrected chi connectivity index (χ3v) is 5.11. The van der Waals surface area contributed by atoms with E-state index in [1.165, 1.54) is 11.3 Å². The first-order valence-corrected chi connectivity index (χ1v) is 8.47.